The molecule has 4 heteroatoms. The monoisotopic (exact) mass is 244 g/mol. The molecule has 0 aromatic rings. The highest BCUT2D eigenvalue weighted by molar-refractivity contribution is 5.79. The van der Waals surface area contributed by atoms with E-state index in [0.29, 0.717) is 19.1 Å². The van der Waals surface area contributed by atoms with Gasteiger partial charge in [-0.05, 0) is 47.1 Å². The Bertz CT molecular complexity index is 227. The molecule has 0 heterocycles. The quantitative estimate of drug-likeness (QED) is 0.661. The van der Waals surface area contributed by atoms with Crippen LogP contribution in [0.3, 0.4) is 0 Å². The van der Waals surface area contributed by atoms with Crippen LogP contribution in [0.1, 0.15) is 47.5 Å². The minimum atomic E-state index is -0.878. The van der Waals surface area contributed by atoms with Crippen LogP contribution in [0.25, 0.3) is 0 Å². The van der Waals surface area contributed by atoms with Crippen LogP contribution in [0.2, 0.25) is 0 Å². The summed E-state index contributed by atoms with van der Waals surface area (Å²) in [7, 11) is 0. The van der Waals surface area contributed by atoms with E-state index in [1.807, 2.05) is 0 Å². The van der Waals surface area contributed by atoms with Gasteiger partial charge >= 0.3 is 5.97 Å². The van der Waals surface area contributed by atoms with Crippen molar-refractivity contribution in [1.82, 2.24) is 4.90 Å². The maximum atomic E-state index is 11.6. The average molecular weight is 244 g/mol. The summed E-state index contributed by atoms with van der Waals surface area (Å²) in [6.45, 7) is 12.3. The minimum Gasteiger partial charge on any atom is -0.465 e. The van der Waals surface area contributed by atoms with Crippen LogP contribution >= 0.6 is 0 Å². The van der Waals surface area contributed by atoms with Gasteiger partial charge in [-0.2, -0.15) is 0 Å². The van der Waals surface area contributed by atoms with E-state index >= 15 is 0 Å². The molecule has 0 aliphatic heterocycles. The molecule has 0 saturated carbocycles. The number of carbonyl (C=O) groups excluding carboxylic acids is 1. The molecule has 0 aromatic heterocycles. The molecule has 0 radical (unpaired) electrons. The second-order valence-electron chi connectivity index (χ2n) is 5.02. The first-order chi connectivity index (χ1) is 7.85. The molecule has 1 atom stereocenters. The Hall–Kier alpha value is -0.610. The summed E-state index contributed by atoms with van der Waals surface area (Å²) in [6, 6.07) is 0.480. The predicted molar refractivity (Wildman–Crippen MR) is 70.8 cm³/mol. The van der Waals surface area contributed by atoms with Crippen LogP contribution in [0, 0.1) is 0 Å². The lowest BCUT2D eigenvalue weighted by atomic mass is 9.99. The largest absolute Gasteiger partial charge is 0.465 e. The Morgan fingerprint density at radius 3 is 2.35 bits per heavy atom. The van der Waals surface area contributed by atoms with Crippen molar-refractivity contribution in [2.45, 2.75) is 59.0 Å². The average Bonchev–Trinajstić information content (AvgIpc) is 2.24. The molecular weight excluding hydrogens is 216 g/mol. The first-order valence-corrected chi connectivity index (χ1v) is 6.55. The molecule has 0 amide bonds. The van der Waals surface area contributed by atoms with E-state index in [9.17, 15) is 4.79 Å². The Morgan fingerprint density at radius 2 is 1.94 bits per heavy atom. The van der Waals surface area contributed by atoms with Crippen molar-refractivity contribution in [3.8, 4) is 0 Å². The normalized spacial score (nSPS) is 15.1. The number of esters is 1. The lowest BCUT2D eigenvalue weighted by Gasteiger charge is -2.30. The first-order valence-electron chi connectivity index (χ1n) is 6.55. The van der Waals surface area contributed by atoms with Gasteiger partial charge in [0.25, 0.3) is 0 Å². The third-order valence-electron chi connectivity index (χ3n) is 2.90. The summed E-state index contributed by atoms with van der Waals surface area (Å²) >= 11 is 0. The second kappa shape index (κ2) is 7.67. The van der Waals surface area contributed by atoms with Gasteiger partial charge in [-0.3, -0.25) is 4.79 Å². The Morgan fingerprint density at radius 1 is 1.35 bits per heavy atom. The van der Waals surface area contributed by atoms with Crippen LogP contribution < -0.4 is 5.73 Å². The number of nitrogens with two attached hydrogens (primary N) is 1. The van der Waals surface area contributed by atoms with Gasteiger partial charge in [0.2, 0.25) is 0 Å². The maximum Gasteiger partial charge on any atom is 0.325 e. The smallest absolute Gasteiger partial charge is 0.325 e. The summed E-state index contributed by atoms with van der Waals surface area (Å²) < 4.78 is 4.98. The van der Waals surface area contributed by atoms with Crippen LogP contribution in [0.4, 0.5) is 0 Å². The van der Waals surface area contributed by atoms with Crippen molar-refractivity contribution in [1.29, 1.82) is 0 Å². The van der Waals surface area contributed by atoms with Crippen LogP contribution in [-0.2, 0) is 9.53 Å². The van der Waals surface area contributed by atoms with Gasteiger partial charge in [0.15, 0.2) is 0 Å². The molecule has 4 nitrogen and oxygen atoms in total. The number of rotatable bonds is 8. The zero-order valence-electron chi connectivity index (χ0n) is 12.0. The Kier molecular flexibility index (Phi) is 7.39. The lowest BCUT2D eigenvalue weighted by Crippen LogP contribution is -2.49. The second-order valence-corrected chi connectivity index (χ2v) is 5.02. The maximum absolute atomic E-state index is 11.6. The minimum absolute atomic E-state index is 0.305. The van der Waals surface area contributed by atoms with Gasteiger partial charge < -0.3 is 15.4 Å². The predicted octanol–water partition coefficient (Wildman–Crippen LogP) is 1.78. The van der Waals surface area contributed by atoms with Crippen LogP contribution in [0.5, 0.6) is 0 Å². The molecule has 0 aliphatic carbocycles. The van der Waals surface area contributed by atoms with Crippen molar-refractivity contribution in [3.05, 3.63) is 0 Å². The molecule has 0 aliphatic rings. The van der Waals surface area contributed by atoms with Gasteiger partial charge in [-0.25, -0.2) is 0 Å². The van der Waals surface area contributed by atoms with Gasteiger partial charge in [0, 0.05) is 12.6 Å². The molecule has 1 unspecified atom stereocenters. The number of hydrogen-bond acceptors (Lipinski definition) is 4. The van der Waals surface area contributed by atoms with Gasteiger partial charge in [-0.15, -0.1) is 0 Å². The van der Waals surface area contributed by atoms with Crippen LogP contribution in [-0.4, -0.2) is 42.1 Å². The van der Waals surface area contributed by atoms with Crippen LogP contribution in [0.15, 0.2) is 0 Å². The topological polar surface area (TPSA) is 55.6 Å². The summed E-state index contributed by atoms with van der Waals surface area (Å²) in [4.78, 5) is 14.0. The number of hydrogen-bond donors (Lipinski definition) is 1. The van der Waals surface area contributed by atoms with E-state index in [-0.39, 0.29) is 5.97 Å². The SMILES string of the molecule is CCCN(CCC(C)(N)C(=O)OCC)C(C)C. The van der Waals surface area contributed by atoms with Crippen molar-refractivity contribution >= 4 is 5.97 Å². The molecule has 0 aromatic carbocycles. The van der Waals surface area contributed by atoms with E-state index in [4.69, 9.17) is 10.5 Å². The third-order valence-corrected chi connectivity index (χ3v) is 2.90. The molecule has 0 rings (SSSR count). The summed E-state index contributed by atoms with van der Waals surface area (Å²) in [6.07, 6.45) is 1.74. The summed E-state index contributed by atoms with van der Waals surface area (Å²) in [5.74, 6) is -0.305. The van der Waals surface area contributed by atoms with E-state index in [0.717, 1.165) is 19.5 Å². The molecule has 0 spiro atoms. The zero-order chi connectivity index (χ0) is 13.5. The Balaban J connectivity index is 4.26. The highest BCUT2D eigenvalue weighted by Crippen LogP contribution is 2.11. The summed E-state index contributed by atoms with van der Waals surface area (Å²) in [5.41, 5.74) is 5.11. The molecule has 0 fully saturated rings. The van der Waals surface area contributed by atoms with Crippen molar-refractivity contribution in [2.24, 2.45) is 5.73 Å². The number of ether oxygens (including phenoxy) is 1. The van der Waals surface area contributed by atoms with E-state index in [2.05, 4.69) is 25.7 Å². The highest BCUT2D eigenvalue weighted by atomic mass is 16.5. The van der Waals surface area contributed by atoms with Crippen molar-refractivity contribution in [3.63, 3.8) is 0 Å². The fourth-order valence-electron chi connectivity index (χ4n) is 1.69. The fourth-order valence-corrected chi connectivity index (χ4v) is 1.69. The molecule has 17 heavy (non-hydrogen) atoms. The van der Waals surface area contributed by atoms with Gasteiger partial charge in [-0.1, -0.05) is 6.92 Å². The number of nitrogens with zero attached hydrogens (tertiary/aromatic N) is 1. The summed E-state index contributed by atoms with van der Waals surface area (Å²) in [5, 5.41) is 0. The molecular formula is C13H28N2O2. The standard InChI is InChI=1S/C13H28N2O2/c1-6-9-15(11(3)4)10-8-13(5,14)12(16)17-7-2/h11H,6-10,14H2,1-5H3. The van der Waals surface area contributed by atoms with Gasteiger partial charge in [0.05, 0.1) is 6.61 Å². The van der Waals surface area contributed by atoms with Crippen molar-refractivity contribution in [2.75, 3.05) is 19.7 Å². The van der Waals surface area contributed by atoms with E-state index in [1.165, 1.54) is 0 Å². The van der Waals surface area contributed by atoms with E-state index in [1.54, 1.807) is 13.8 Å². The zero-order valence-corrected chi connectivity index (χ0v) is 12.0. The molecule has 102 valence electrons. The Labute approximate surface area is 105 Å². The molecule has 2 N–H and O–H groups in total. The van der Waals surface area contributed by atoms with E-state index < -0.39 is 5.54 Å². The van der Waals surface area contributed by atoms with Crippen molar-refractivity contribution < 1.29 is 9.53 Å². The third kappa shape index (κ3) is 6.03. The number of carbonyl (C=O) groups is 1. The highest BCUT2D eigenvalue weighted by Gasteiger charge is 2.30. The van der Waals surface area contributed by atoms with Gasteiger partial charge in [0.1, 0.15) is 5.54 Å². The first kappa shape index (κ1) is 16.4. The molecule has 0 bridgehead atoms. The fraction of sp³-hybridized carbons (Fsp3) is 0.923. The lowest BCUT2D eigenvalue weighted by molar-refractivity contribution is -0.149. The molecule has 0 saturated heterocycles.